The lowest BCUT2D eigenvalue weighted by Crippen LogP contribution is -2.53. The van der Waals surface area contributed by atoms with Crippen LogP contribution in [-0.4, -0.2) is 16.9 Å². The van der Waals surface area contributed by atoms with Gasteiger partial charge in [0, 0.05) is 11.3 Å². The highest BCUT2D eigenvalue weighted by Gasteiger charge is 2.49. The molecule has 0 aromatic heterocycles. The molecule has 0 spiro atoms. The van der Waals surface area contributed by atoms with Crippen LogP contribution in [0.25, 0.3) is 54.6 Å². The highest BCUT2D eigenvalue weighted by molar-refractivity contribution is 6.24. The van der Waals surface area contributed by atoms with Gasteiger partial charge in [0.05, 0.1) is 11.1 Å². The van der Waals surface area contributed by atoms with Crippen LogP contribution in [-0.2, 0) is 0 Å². The fraction of sp³-hybridized carbons (Fsp3) is 0.140. The zero-order valence-corrected chi connectivity index (χ0v) is 26.3. The summed E-state index contributed by atoms with van der Waals surface area (Å²) in [5.41, 5.74) is 6.82. The van der Waals surface area contributed by atoms with Crippen LogP contribution >= 0.6 is 0 Å². The third kappa shape index (κ3) is 4.20. The van der Waals surface area contributed by atoms with E-state index >= 15 is 0 Å². The van der Waals surface area contributed by atoms with Crippen LogP contribution in [0.1, 0.15) is 33.3 Å². The zero-order chi connectivity index (χ0) is 30.8. The number of hydrogen-bond donors (Lipinski definition) is 0. The number of rotatable bonds is 4. The number of anilines is 1. The molecule has 0 unspecified atom stereocenters. The summed E-state index contributed by atoms with van der Waals surface area (Å²) in [5, 5.41) is 7.57. The molecule has 2 nitrogen and oxygen atoms in total. The molecule has 8 rings (SSSR count). The number of para-hydroxylation sites is 1. The Balaban J connectivity index is 1.39. The molecule has 0 amide bonds. The van der Waals surface area contributed by atoms with E-state index in [1.165, 1.54) is 54.6 Å². The van der Waals surface area contributed by atoms with Crippen molar-refractivity contribution < 1.29 is 0 Å². The van der Waals surface area contributed by atoms with Crippen molar-refractivity contribution in [3.8, 4) is 22.3 Å². The number of nitrogens with zero attached hydrogens (tertiary/aromatic N) is 2. The minimum Gasteiger partial charge on any atom is -0.318 e. The quantitative estimate of drug-likeness (QED) is 0.189. The van der Waals surface area contributed by atoms with Gasteiger partial charge in [0.1, 0.15) is 5.84 Å². The van der Waals surface area contributed by atoms with Crippen LogP contribution < -0.4 is 4.90 Å². The van der Waals surface area contributed by atoms with Gasteiger partial charge in [-0.25, -0.2) is 0 Å². The minimum absolute atomic E-state index is 0.209. The van der Waals surface area contributed by atoms with Crippen molar-refractivity contribution >= 4 is 43.8 Å². The van der Waals surface area contributed by atoms with Gasteiger partial charge in [0.15, 0.2) is 0 Å². The first kappa shape index (κ1) is 27.3. The van der Waals surface area contributed by atoms with Gasteiger partial charge in [-0.1, -0.05) is 127 Å². The molecule has 2 heteroatoms. The standard InChI is InChI=1S/C43H36N2/c1-42(2)43(3,4)45(32-20-6-5-7-21-32)41(44-42)31-19-14-18-30(28-31)39-35-23-10-12-25-37(35)40(38-26-13-11-24-36(38)39)34-27-15-17-29-16-8-9-22-33(29)34/h5-28H,1-4H3. The number of aliphatic imine (C=N–C) groups is 1. The number of amidine groups is 1. The second-order valence-corrected chi connectivity index (χ2v) is 13.2. The Labute approximate surface area is 265 Å². The van der Waals surface area contributed by atoms with Gasteiger partial charge in [-0.3, -0.25) is 4.99 Å². The molecule has 0 fully saturated rings. The Bertz CT molecular complexity index is 2210. The van der Waals surface area contributed by atoms with Gasteiger partial charge in [-0.05, 0) is 100 Å². The second-order valence-electron chi connectivity index (χ2n) is 13.2. The Hall–Kier alpha value is -5.21. The lowest BCUT2D eigenvalue weighted by molar-refractivity contribution is 0.338. The fourth-order valence-electron chi connectivity index (χ4n) is 7.19. The van der Waals surface area contributed by atoms with Crippen molar-refractivity contribution in [3.63, 3.8) is 0 Å². The highest BCUT2D eigenvalue weighted by atomic mass is 15.3. The molecule has 1 aliphatic heterocycles. The third-order valence-corrected chi connectivity index (χ3v) is 10.1. The van der Waals surface area contributed by atoms with Crippen molar-refractivity contribution in [2.75, 3.05) is 4.90 Å². The van der Waals surface area contributed by atoms with Gasteiger partial charge >= 0.3 is 0 Å². The monoisotopic (exact) mass is 580 g/mol. The van der Waals surface area contributed by atoms with Crippen LogP contribution in [0.5, 0.6) is 0 Å². The summed E-state index contributed by atoms with van der Waals surface area (Å²) in [4.78, 5) is 7.81. The molecule has 0 aliphatic carbocycles. The lowest BCUT2D eigenvalue weighted by Gasteiger charge is -2.41. The molecular weight excluding hydrogens is 544 g/mol. The smallest absolute Gasteiger partial charge is 0.136 e. The van der Waals surface area contributed by atoms with E-state index in [0.29, 0.717) is 0 Å². The van der Waals surface area contributed by atoms with Crippen LogP contribution in [0.2, 0.25) is 0 Å². The summed E-state index contributed by atoms with van der Waals surface area (Å²) in [6.45, 7) is 9.08. The molecule has 0 bridgehead atoms. The molecule has 7 aromatic rings. The van der Waals surface area contributed by atoms with Gasteiger partial charge < -0.3 is 4.90 Å². The molecule has 45 heavy (non-hydrogen) atoms. The van der Waals surface area contributed by atoms with Gasteiger partial charge in [-0.2, -0.15) is 0 Å². The van der Waals surface area contributed by atoms with Crippen molar-refractivity contribution in [2.45, 2.75) is 38.8 Å². The minimum atomic E-state index is -0.270. The van der Waals surface area contributed by atoms with Crippen LogP contribution in [0.4, 0.5) is 5.69 Å². The van der Waals surface area contributed by atoms with E-state index in [-0.39, 0.29) is 11.1 Å². The van der Waals surface area contributed by atoms with Crippen LogP contribution in [0.15, 0.2) is 151 Å². The normalized spacial score (nSPS) is 15.6. The summed E-state index contributed by atoms with van der Waals surface area (Å²) in [6, 6.07) is 52.9. The van der Waals surface area contributed by atoms with Crippen LogP contribution in [0, 0.1) is 0 Å². The van der Waals surface area contributed by atoms with Crippen LogP contribution in [0.3, 0.4) is 0 Å². The summed E-state index contributed by atoms with van der Waals surface area (Å²) < 4.78 is 0. The van der Waals surface area contributed by atoms with E-state index in [1.807, 2.05) is 0 Å². The summed E-state index contributed by atoms with van der Waals surface area (Å²) in [5.74, 6) is 1.01. The third-order valence-electron chi connectivity index (χ3n) is 10.1. The molecule has 0 saturated heterocycles. The number of hydrogen-bond acceptors (Lipinski definition) is 2. The summed E-state index contributed by atoms with van der Waals surface area (Å²) in [7, 11) is 0. The van der Waals surface area contributed by atoms with Gasteiger partial charge in [0.25, 0.3) is 0 Å². The average Bonchev–Trinajstić information content (AvgIpc) is 3.26. The molecule has 0 atom stereocenters. The van der Waals surface area contributed by atoms with E-state index in [9.17, 15) is 0 Å². The Kier molecular flexibility index (Phi) is 6.18. The molecule has 1 heterocycles. The zero-order valence-electron chi connectivity index (χ0n) is 26.3. The van der Waals surface area contributed by atoms with E-state index in [1.54, 1.807) is 0 Å². The Morgan fingerprint density at radius 3 is 1.64 bits per heavy atom. The summed E-state index contributed by atoms with van der Waals surface area (Å²) >= 11 is 0. The first-order valence-electron chi connectivity index (χ1n) is 15.8. The topological polar surface area (TPSA) is 15.6 Å². The molecule has 1 aliphatic rings. The first-order chi connectivity index (χ1) is 21.8. The van der Waals surface area contributed by atoms with Crippen molar-refractivity contribution in [1.82, 2.24) is 0 Å². The van der Waals surface area contributed by atoms with Gasteiger partial charge in [0.2, 0.25) is 0 Å². The first-order valence-corrected chi connectivity index (χ1v) is 15.8. The second kappa shape index (κ2) is 10.2. The fourth-order valence-corrected chi connectivity index (χ4v) is 7.19. The molecule has 7 aromatic carbocycles. The van der Waals surface area contributed by atoms with Crippen molar-refractivity contribution in [2.24, 2.45) is 4.99 Å². The SMILES string of the molecule is CC1(C)N=C(c2cccc(-c3c4ccccc4c(-c4cccc5ccccc45)c4ccccc34)c2)N(c2ccccc2)C1(C)C. The van der Waals surface area contributed by atoms with E-state index in [4.69, 9.17) is 4.99 Å². The predicted octanol–water partition coefficient (Wildman–Crippen LogP) is 11.3. The summed E-state index contributed by atoms with van der Waals surface area (Å²) in [6.07, 6.45) is 0. The van der Waals surface area contributed by atoms with E-state index in [2.05, 4.69) is 178 Å². The Morgan fingerprint density at radius 1 is 0.467 bits per heavy atom. The molecular formula is C43H36N2. The van der Waals surface area contributed by atoms with E-state index in [0.717, 1.165) is 17.1 Å². The average molecular weight is 581 g/mol. The van der Waals surface area contributed by atoms with Gasteiger partial charge in [-0.15, -0.1) is 0 Å². The lowest BCUT2D eigenvalue weighted by atomic mass is 9.83. The molecule has 0 saturated carbocycles. The maximum absolute atomic E-state index is 5.39. The van der Waals surface area contributed by atoms with E-state index < -0.39 is 0 Å². The maximum atomic E-state index is 5.39. The number of benzene rings is 7. The maximum Gasteiger partial charge on any atom is 0.136 e. The largest absolute Gasteiger partial charge is 0.318 e. The Morgan fingerprint density at radius 2 is 0.978 bits per heavy atom. The van der Waals surface area contributed by atoms with Crippen molar-refractivity contribution in [1.29, 1.82) is 0 Å². The predicted molar refractivity (Wildman–Crippen MR) is 193 cm³/mol. The molecule has 0 radical (unpaired) electrons. The highest BCUT2D eigenvalue weighted by Crippen LogP contribution is 2.46. The molecule has 0 N–H and O–H groups in total. The number of fused-ring (bicyclic) bond motifs is 3. The van der Waals surface area contributed by atoms with Crippen molar-refractivity contribution in [3.05, 3.63) is 151 Å². The molecule has 218 valence electrons.